The second-order valence-corrected chi connectivity index (χ2v) is 10.1. The van der Waals surface area contributed by atoms with E-state index in [-0.39, 0.29) is 29.7 Å². The molecule has 0 spiro atoms. The number of aliphatic hydroxyl groups excluding tert-OH is 2. The number of rotatable bonds is 6. The fourth-order valence-corrected chi connectivity index (χ4v) is 3.97. The van der Waals surface area contributed by atoms with E-state index in [1.807, 2.05) is 0 Å². The maximum absolute atomic E-state index is 13.1. The number of amides is 2. The average molecular weight is 547 g/mol. The van der Waals surface area contributed by atoms with Gasteiger partial charge in [-0.05, 0) is 37.0 Å². The molecule has 2 unspecified atom stereocenters. The number of thiol groups is 2. The van der Waals surface area contributed by atoms with Gasteiger partial charge in [0.15, 0.2) is 0 Å². The van der Waals surface area contributed by atoms with Gasteiger partial charge in [-0.1, -0.05) is 39.8 Å². The number of cyclic esters (lactones) is 1. The first-order valence-electron chi connectivity index (χ1n) is 12.2. The Morgan fingerprint density at radius 1 is 1.03 bits per heavy atom. The second-order valence-electron chi connectivity index (χ2n) is 9.33. The molecular weight excluding hydrogens is 504 g/mol. The molecular formula is C24H42N4O6S2. The van der Waals surface area contributed by atoms with Crippen molar-refractivity contribution >= 4 is 43.0 Å². The lowest BCUT2D eigenvalue weighted by Gasteiger charge is -2.32. The molecule has 1 fully saturated rings. The average Bonchev–Trinajstić information content (AvgIpc) is 2.81. The molecule has 6 atom stereocenters. The lowest BCUT2D eigenvalue weighted by Crippen LogP contribution is -2.59. The standard InChI is InChI=1S/C24H42N4O6S2/c1-6-16-21(30)28-20(14(4)5)24(33)34-15(9-7-8-10-35)11-18(29)27-19(13(2)3)23(32)26-17(12-36)22(31)25-16/h6-7,9,13-15,17,19-22,25,28,30-31,35-36H,8,10-12H2,1-5H3,(H,26,32)(H,27,29)/b9-7+,16-6-/t15-,17-,19-,20+,21?,22?/m1/s1. The van der Waals surface area contributed by atoms with Gasteiger partial charge in [0.2, 0.25) is 11.8 Å². The van der Waals surface area contributed by atoms with Crippen LogP contribution in [0, 0.1) is 11.8 Å². The topological polar surface area (TPSA) is 149 Å². The molecule has 6 N–H and O–H groups in total. The summed E-state index contributed by atoms with van der Waals surface area (Å²) in [5.41, 5.74) is 0.202. The highest BCUT2D eigenvalue weighted by Gasteiger charge is 2.33. The molecule has 206 valence electrons. The van der Waals surface area contributed by atoms with E-state index in [0.717, 1.165) is 0 Å². The van der Waals surface area contributed by atoms with Crippen LogP contribution in [0.1, 0.15) is 47.5 Å². The molecule has 1 saturated heterocycles. The van der Waals surface area contributed by atoms with Gasteiger partial charge >= 0.3 is 5.97 Å². The first kappa shape index (κ1) is 32.3. The third-order valence-corrected chi connectivity index (χ3v) is 6.30. The Morgan fingerprint density at radius 3 is 2.19 bits per heavy atom. The van der Waals surface area contributed by atoms with E-state index in [1.165, 1.54) is 0 Å². The molecule has 1 rings (SSSR count). The van der Waals surface area contributed by atoms with E-state index < -0.39 is 54.5 Å². The summed E-state index contributed by atoms with van der Waals surface area (Å²) >= 11 is 8.41. The largest absolute Gasteiger partial charge is 0.456 e. The SMILES string of the molecule is C/C=C1\NC(O)[C@@H](CS)NC(=O)[C@@H](C(C)C)NC(=O)C[C@@H](/C=C/CCS)OC(=O)[C@H](C(C)C)NC1O. The molecule has 36 heavy (non-hydrogen) atoms. The molecule has 0 aromatic carbocycles. The number of carbonyl (C=O) groups excluding carboxylic acids is 3. The molecule has 0 aromatic rings. The summed E-state index contributed by atoms with van der Waals surface area (Å²) in [5.74, 6) is -1.48. The summed E-state index contributed by atoms with van der Waals surface area (Å²) in [6.07, 6.45) is 1.83. The van der Waals surface area contributed by atoms with E-state index in [2.05, 4.69) is 46.5 Å². The number of nitrogens with one attached hydrogen (secondary N) is 4. The molecule has 0 aromatic heterocycles. The van der Waals surface area contributed by atoms with Crippen LogP contribution in [0.15, 0.2) is 23.9 Å². The van der Waals surface area contributed by atoms with Gasteiger partial charge in [0.1, 0.15) is 30.6 Å². The predicted octanol–water partition coefficient (Wildman–Crippen LogP) is 0.478. The second kappa shape index (κ2) is 16.2. The molecule has 1 aliphatic heterocycles. The summed E-state index contributed by atoms with van der Waals surface area (Å²) in [7, 11) is 0. The quantitative estimate of drug-likeness (QED) is 0.136. The number of hydrogen-bond donors (Lipinski definition) is 8. The fraction of sp³-hybridized carbons (Fsp3) is 0.708. The molecule has 1 heterocycles. The van der Waals surface area contributed by atoms with Crippen LogP contribution in [-0.4, -0.2) is 76.2 Å². The summed E-state index contributed by atoms with van der Waals surface area (Å²) in [4.78, 5) is 39.0. The van der Waals surface area contributed by atoms with Gasteiger partial charge in [0.25, 0.3) is 0 Å². The van der Waals surface area contributed by atoms with Gasteiger partial charge in [-0.15, -0.1) is 0 Å². The summed E-state index contributed by atoms with van der Waals surface area (Å²) < 4.78 is 5.65. The molecule has 10 nitrogen and oxygen atoms in total. The Bertz CT molecular complexity index is 793. The van der Waals surface area contributed by atoms with Gasteiger partial charge in [-0.25, -0.2) is 0 Å². The highest BCUT2D eigenvalue weighted by Crippen LogP contribution is 2.13. The van der Waals surface area contributed by atoms with E-state index in [0.29, 0.717) is 12.2 Å². The van der Waals surface area contributed by atoms with Crippen LogP contribution in [0.4, 0.5) is 0 Å². The molecule has 0 bridgehead atoms. The third kappa shape index (κ3) is 10.3. The normalized spacial score (nSPS) is 30.9. The summed E-state index contributed by atoms with van der Waals surface area (Å²) in [6, 6.07) is -2.64. The van der Waals surface area contributed by atoms with E-state index in [4.69, 9.17) is 4.74 Å². The van der Waals surface area contributed by atoms with Crippen LogP contribution in [0.3, 0.4) is 0 Å². The summed E-state index contributed by atoms with van der Waals surface area (Å²) in [5, 5.41) is 32.5. The van der Waals surface area contributed by atoms with Crippen LogP contribution in [0.5, 0.6) is 0 Å². The Morgan fingerprint density at radius 2 is 1.67 bits per heavy atom. The number of ether oxygens (including phenoxy) is 1. The number of aliphatic hydroxyl groups is 2. The van der Waals surface area contributed by atoms with Crippen molar-refractivity contribution in [3.63, 3.8) is 0 Å². The zero-order valence-corrected chi connectivity index (χ0v) is 23.4. The van der Waals surface area contributed by atoms with Crippen LogP contribution < -0.4 is 21.3 Å². The molecule has 0 aliphatic carbocycles. The Kier molecular flexibility index (Phi) is 14.5. The van der Waals surface area contributed by atoms with Crippen molar-refractivity contribution < 1.29 is 29.3 Å². The first-order valence-corrected chi connectivity index (χ1v) is 13.4. The van der Waals surface area contributed by atoms with Gasteiger partial charge in [0.05, 0.1) is 18.2 Å². The number of esters is 1. The fourth-order valence-electron chi connectivity index (χ4n) is 3.53. The summed E-state index contributed by atoms with van der Waals surface area (Å²) in [6.45, 7) is 8.80. The highest BCUT2D eigenvalue weighted by molar-refractivity contribution is 7.80. The lowest BCUT2D eigenvalue weighted by atomic mass is 10.0. The van der Waals surface area contributed by atoms with Crippen LogP contribution in [-0.2, 0) is 19.1 Å². The monoisotopic (exact) mass is 546 g/mol. The minimum absolute atomic E-state index is 0.0815. The van der Waals surface area contributed by atoms with Gasteiger partial charge in [-0.2, -0.15) is 25.3 Å². The van der Waals surface area contributed by atoms with Gasteiger partial charge in [0, 0.05) is 5.75 Å². The maximum atomic E-state index is 13.1. The number of allylic oxidation sites excluding steroid dienone is 2. The molecule has 12 heteroatoms. The Balaban J connectivity index is 3.41. The predicted molar refractivity (Wildman–Crippen MR) is 145 cm³/mol. The van der Waals surface area contributed by atoms with Gasteiger partial charge < -0.3 is 30.9 Å². The van der Waals surface area contributed by atoms with Crippen molar-refractivity contribution in [2.75, 3.05) is 11.5 Å². The van der Waals surface area contributed by atoms with Crippen LogP contribution in [0.25, 0.3) is 0 Å². The van der Waals surface area contributed by atoms with Crippen molar-refractivity contribution in [3.05, 3.63) is 23.9 Å². The van der Waals surface area contributed by atoms with Gasteiger partial charge in [-0.3, -0.25) is 19.7 Å². The maximum Gasteiger partial charge on any atom is 0.324 e. The molecule has 1 aliphatic rings. The van der Waals surface area contributed by atoms with Crippen molar-refractivity contribution in [2.45, 2.75) is 84.1 Å². The minimum Gasteiger partial charge on any atom is -0.456 e. The Labute approximate surface area is 224 Å². The van der Waals surface area contributed by atoms with Crippen LogP contribution >= 0.6 is 25.3 Å². The Hall–Kier alpha value is -1.73. The van der Waals surface area contributed by atoms with E-state index >= 15 is 0 Å². The van der Waals surface area contributed by atoms with E-state index in [9.17, 15) is 24.6 Å². The van der Waals surface area contributed by atoms with Crippen molar-refractivity contribution in [2.24, 2.45) is 11.8 Å². The zero-order valence-electron chi connectivity index (χ0n) is 21.6. The van der Waals surface area contributed by atoms with E-state index in [1.54, 1.807) is 52.8 Å². The van der Waals surface area contributed by atoms with Crippen LogP contribution in [0.2, 0.25) is 0 Å². The molecule has 2 amide bonds. The number of hydrogen-bond acceptors (Lipinski definition) is 10. The minimum atomic E-state index is -1.35. The van der Waals surface area contributed by atoms with Crippen molar-refractivity contribution in [1.82, 2.24) is 21.3 Å². The first-order chi connectivity index (χ1) is 16.9. The number of carbonyl (C=O) groups is 3. The van der Waals surface area contributed by atoms with Crippen molar-refractivity contribution in [3.8, 4) is 0 Å². The zero-order chi connectivity index (χ0) is 27.4. The highest BCUT2D eigenvalue weighted by atomic mass is 32.1. The molecule has 0 saturated carbocycles. The lowest BCUT2D eigenvalue weighted by molar-refractivity contribution is -0.153. The smallest absolute Gasteiger partial charge is 0.324 e. The van der Waals surface area contributed by atoms with Crippen molar-refractivity contribution in [1.29, 1.82) is 0 Å². The third-order valence-electron chi connectivity index (χ3n) is 5.65. The molecule has 0 radical (unpaired) electrons.